The van der Waals surface area contributed by atoms with Crippen molar-refractivity contribution in [3.05, 3.63) is 35.9 Å². The molecule has 0 unspecified atom stereocenters. The van der Waals surface area contributed by atoms with E-state index >= 15 is 0 Å². The second-order valence-electron chi connectivity index (χ2n) is 11.1. The fraction of sp³-hybridized carbons (Fsp3) is 0.680. The zero-order valence-corrected chi connectivity index (χ0v) is 18.1. The van der Waals surface area contributed by atoms with E-state index in [0.717, 1.165) is 18.7 Å². The fourth-order valence-electron chi connectivity index (χ4n) is 5.62. The highest BCUT2D eigenvalue weighted by molar-refractivity contribution is 5.27. The van der Waals surface area contributed by atoms with Gasteiger partial charge in [0.05, 0.1) is 6.54 Å². The van der Waals surface area contributed by atoms with Crippen molar-refractivity contribution >= 4 is 0 Å². The molecule has 2 heteroatoms. The average molecular weight is 368 g/mol. The Balaban J connectivity index is 1.69. The number of rotatable bonds is 3. The molecule has 0 amide bonds. The maximum absolute atomic E-state index is 11.5. The summed E-state index contributed by atoms with van der Waals surface area (Å²) in [6.45, 7) is 15.5. The van der Waals surface area contributed by atoms with Crippen molar-refractivity contribution in [3.63, 3.8) is 0 Å². The van der Waals surface area contributed by atoms with Gasteiger partial charge in [0.15, 0.2) is 0 Å². The van der Waals surface area contributed by atoms with Crippen LogP contribution < -0.4 is 0 Å². The molecule has 1 heterocycles. The Labute approximate surface area is 166 Å². The number of nitrogens with zero attached hydrogens (tertiary/aromatic N) is 1. The quantitative estimate of drug-likeness (QED) is 0.741. The van der Waals surface area contributed by atoms with Crippen molar-refractivity contribution in [2.45, 2.75) is 78.9 Å². The molecule has 1 saturated heterocycles. The largest absolute Gasteiger partial charge is 0.384 e. The lowest BCUT2D eigenvalue weighted by atomic mass is 9.65. The lowest BCUT2D eigenvalue weighted by molar-refractivity contribution is -0.0599. The van der Waals surface area contributed by atoms with Crippen LogP contribution in [0.4, 0.5) is 0 Å². The minimum Gasteiger partial charge on any atom is -0.384 e. The van der Waals surface area contributed by atoms with Gasteiger partial charge in [0.1, 0.15) is 5.60 Å². The predicted molar refractivity (Wildman–Crippen MR) is 113 cm³/mol. The molecule has 2 nitrogen and oxygen atoms in total. The summed E-state index contributed by atoms with van der Waals surface area (Å²) in [7, 11) is 0. The molecule has 1 aliphatic carbocycles. The first-order valence-corrected chi connectivity index (χ1v) is 10.4. The van der Waals surface area contributed by atoms with Crippen LogP contribution in [0.2, 0.25) is 0 Å². The third-order valence-corrected chi connectivity index (χ3v) is 6.77. The van der Waals surface area contributed by atoms with Crippen LogP contribution in [0.15, 0.2) is 30.3 Å². The minimum atomic E-state index is -0.934. The molecule has 2 fully saturated rings. The number of aliphatic hydroxyl groups is 1. The summed E-state index contributed by atoms with van der Waals surface area (Å²) in [5.74, 6) is 6.73. The lowest BCUT2D eigenvalue weighted by Crippen LogP contribution is -2.39. The van der Waals surface area contributed by atoms with E-state index in [0.29, 0.717) is 23.3 Å². The van der Waals surface area contributed by atoms with Crippen molar-refractivity contribution in [2.24, 2.45) is 16.2 Å². The van der Waals surface area contributed by atoms with Crippen molar-refractivity contribution in [3.8, 4) is 11.8 Å². The highest BCUT2D eigenvalue weighted by Gasteiger charge is 2.49. The zero-order valence-electron chi connectivity index (χ0n) is 18.1. The van der Waals surface area contributed by atoms with Crippen molar-refractivity contribution in [1.82, 2.24) is 4.90 Å². The predicted octanol–water partition coefficient (Wildman–Crippen LogP) is 5.21. The van der Waals surface area contributed by atoms with Crippen LogP contribution in [0.1, 0.15) is 72.8 Å². The first kappa shape index (κ1) is 20.4. The Kier molecular flexibility index (Phi) is 5.26. The molecule has 1 N–H and O–H groups in total. The van der Waals surface area contributed by atoms with Crippen LogP contribution in [-0.4, -0.2) is 29.1 Å². The van der Waals surface area contributed by atoms with Gasteiger partial charge in [-0.2, -0.15) is 0 Å². The van der Waals surface area contributed by atoms with E-state index in [9.17, 15) is 5.11 Å². The number of hydrogen-bond acceptors (Lipinski definition) is 2. The summed E-state index contributed by atoms with van der Waals surface area (Å²) in [6, 6.07) is 10.7. The maximum Gasteiger partial charge on any atom is 0.105 e. The summed E-state index contributed by atoms with van der Waals surface area (Å²) in [5, 5.41) is 11.5. The molecule has 0 spiro atoms. The first-order chi connectivity index (χ1) is 12.4. The molecule has 0 aromatic heterocycles. The molecule has 148 valence electrons. The number of fused-ring (bicyclic) bond motifs is 2. The van der Waals surface area contributed by atoms with E-state index in [4.69, 9.17) is 0 Å². The molecular formula is C25H37NO. The van der Waals surface area contributed by atoms with Crippen LogP contribution >= 0.6 is 0 Å². The molecule has 1 aliphatic heterocycles. The standard InChI is InChI=1S/C25H37NO/c1-22(2,3)25(27,20-12-8-7-9-13-20)14-10-11-15-26-19-24(6)17-21(26)16-23(4,5)18-24/h7-9,12-13,21,27H,14-19H2,1-6H3/t21-,24-,25+/m0/s1. The van der Waals surface area contributed by atoms with E-state index in [1.807, 2.05) is 30.3 Å². The van der Waals surface area contributed by atoms with E-state index in [1.165, 1.54) is 19.3 Å². The van der Waals surface area contributed by atoms with Crippen molar-refractivity contribution in [2.75, 3.05) is 13.1 Å². The molecule has 1 aromatic carbocycles. The summed E-state index contributed by atoms with van der Waals surface area (Å²) < 4.78 is 0. The van der Waals surface area contributed by atoms with Crippen LogP contribution in [0.3, 0.4) is 0 Å². The summed E-state index contributed by atoms with van der Waals surface area (Å²) in [6.07, 6.45) is 4.38. The normalized spacial score (nSPS) is 29.7. The van der Waals surface area contributed by atoms with Gasteiger partial charge in [-0.15, -0.1) is 0 Å². The van der Waals surface area contributed by atoms with Crippen LogP contribution in [0.25, 0.3) is 0 Å². The molecule has 3 atom stereocenters. The lowest BCUT2D eigenvalue weighted by Gasteiger charge is -2.40. The van der Waals surface area contributed by atoms with Gasteiger partial charge < -0.3 is 5.11 Å². The van der Waals surface area contributed by atoms with Gasteiger partial charge in [-0.3, -0.25) is 4.90 Å². The van der Waals surface area contributed by atoms with Gasteiger partial charge in [-0.1, -0.05) is 83.7 Å². The van der Waals surface area contributed by atoms with E-state index in [-0.39, 0.29) is 5.41 Å². The topological polar surface area (TPSA) is 23.5 Å². The van der Waals surface area contributed by atoms with Gasteiger partial charge in [0, 0.05) is 19.0 Å². The Hall–Kier alpha value is -1.30. The highest BCUT2D eigenvalue weighted by atomic mass is 16.3. The van der Waals surface area contributed by atoms with Gasteiger partial charge >= 0.3 is 0 Å². The van der Waals surface area contributed by atoms with Crippen LogP contribution in [0, 0.1) is 28.1 Å². The van der Waals surface area contributed by atoms with Crippen molar-refractivity contribution < 1.29 is 5.11 Å². The molecule has 27 heavy (non-hydrogen) atoms. The molecule has 1 aromatic rings. The third-order valence-electron chi connectivity index (χ3n) is 6.77. The van der Waals surface area contributed by atoms with Gasteiger partial charge in [-0.25, -0.2) is 0 Å². The number of benzene rings is 1. The Morgan fingerprint density at radius 3 is 2.37 bits per heavy atom. The Morgan fingerprint density at radius 1 is 1.07 bits per heavy atom. The smallest absolute Gasteiger partial charge is 0.105 e. The van der Waals surface area contributed by atoms with Crippen LogP contribution in [-0.2, 0) is 5.60 Å². The molecule has 3 rings (SSSR count). The zero-order chi connectivity index (χ0) is 19.9. The highest BCUT2D eigenvalue weighted by Crippen LogP contribution is 2.52. The van der Waals surface area contributed by atoms with E-state index < -0.39 is 5.60 Å². The maximum atomic E-state index is 11.5. The number of hydrogen-bond donors (Lipinski definition) is 1. The van der Waals surface area contributed by atoms with Crippen LogP contribution in [0.5, 0.6) is 0 Å². The summed E-state index contributed by atoms with van der Waals surface area (Å²) in [4.78, 5) is 2.58. The van der Waals surface area contributed by atoms with Gasteiger partial charge in [-0.05, 0) is 41.1 Å². The monoisotopic (exact) mass is 367 g/mol. The third kappa shape index (κ3) is 4.25. The fourth-order valence-corrected chi connectivity index (χ4v) is 5.62. The molecular weight excluding hydrogens is 330 g/mol. The Morgan fingerprint density at radius 2 is 1.74 bits per heavy atom. The number of likely N-dealkylation sites (tertiary alicyclic amines) is 1. The molecule has 0 radical (unpaired) electrons. The van der Waals surface area contributed by atoms with E-state index in [2.05, 4.69) is 58.3 Å². The van der Waals surface area contributed by atoms with E-state index in [1.54, 1.807) is 0 Å². The second-order valence-corrected chi connectivity index (χ2v) is 11.1. The average Bonchev–Trinajstić information content (AvgIpc) is 2.79. The summed E-state index contributed by atoms with van der Waals surface area (Å²) >= 11 is 0. The molecule has 1 saturated carbocycles. The molecule has 2 bridgehead atoms. The second kappa shape index (κ2) is 6.94. The minimum absolute atomic E-state index is 0.273. The Bertz CT molecular complexity index is 720. The van der Waals surface area contributed by atoms with Crippen molar-refractivity contribution in [1.29, 1.82) is 0 Å². The van der Waals surface area contributed by atoms with Gasteiger partial charge in [0.2, 0.25) is 0 Å². The van der Waals surface area contributed by atoms with Gasteiger partial charge in [0.25, 0.3) is 0 Å². The summed E-state index contributed by atoms with van der Waals surface area (Å²) in [5.41, 5.74) is 0.642. The SMILES string of the molecule is CC1(C)C[C@H]2C[C@](C)(CN2CC#CC[C@@](O)(c2ccccc2)C(C)(C)C)C1. The molecule has 2 aliphatic rings. The first-order valence-electron chi connectivity index (χ1n) is 10.4.